The third-order valence-electron chi connectivity index (χ3n) is 4.23. The number of halogens is 4. The van der Waals surface area contributed by atoms with Gasteiger partial charge in [0.2, 0.25) is 5.95 Å². The van der Waals surface area contributed by atoms with E-state index >= 15 is 0 Å². The average Bonchev–Trinajstić information content (AvgIpc) is 3.08. The lowest BCUT2D eigenvalue weighted by atomic mass is 10.1. The third kappa shape index (κ3) is 3.68. The molecule has 140 valence electrons. The summed E-state index contributed by atoms with van der Waals surface area (Å²) in [6.07, 6.45) is -1.65. The number of benzene rings is 1. The molecule has 0 radical (unpaired) electrons. The zero-order valence-corrected chi connectivity index (χ0v) is 14.6. The Labute approximate surface area is 157 Å². The first kappa shape index (κ1) is 17.6. The van der Waals surface area contributed by atoms with Gasteiger partial charge in [0.1, 0.15) is 11.4 Å². The Kier molecular flexibility index (Phi) is 4.39. The Bertz CT molecular complexity index is 971. The van der Waals surface area contributed by atoms with Crippen LogP contribution in [-0.4, -0.2) is 26.5 Å². The molecule has 0 saturated heterocycles. The topological polar surface area (TPSA) is 69.7 Å². The minimum absolute atomic E-state index is 0.0630. The molecular formula is C17H14ClF3N6. The van der Waals surface area contributed by atoms with Crippen molar-refractivity contribution in [3.63, 3.8) is 0 Å². The Balaban J connectivity index is 1.69. The molecule has 3 aromatic rings. The van der Waals surface area contributed by atoms with Gasteiger partial charge in [-0.15, -0.1) is 0 Å². The van der Waals surface area contributed by atoms with Gasteiger partial charge in [0.05, 0.1) is 18.6 Å². The number of alkyl halides is 3. The maximum absolute atomic E-state index is 13.5. The predicted molar refractivity (Wildman–Crippen MR) is 95.1 cm³/mol. The van der Waals surface area contributed by atoms with E-state index < -0.39 is 11.7 Å². The largest absolute Gasteiger partial charge is 0.421 e. The van der Waals surface area contributed by atoms with Gasteiger partial charge in [-0.25, -0.2) is 9.97 Å². The number of aromatic amines is 1. The first-order valence-corrected chi connectivity index (χ1v) is 8.51. The summed E-state index contributed by atoms with van der Waals surface area (Å²) in [4.78, 5) is 16.7. The number of rotatable bonds is 3. The van der Waals surface area contributed by atoms with Gasteiger partial charge in [-0.1, -0.05) is 17.7 Å². The van der Waals surface area contributed by atoms with Crippen LogP contribution < -0.4 is 10.2 Å². The summed E-state index contributed by atoms with van der Waals surface area (Å²) in [5.74, 6) is -0.108. The van der Waals surface area contributed by atoms with E-state index in [-0.39, 0.29) is 18.3 Å². The second kappa shape index (κ2) is 6.73. The van der Waals surface area contributed by atoms with E-state index in [0.717, 1.165) is 17.6 Å². The number of aromatic nitrogens is 4. The van der Waals surface area contributed by atoms with Crippen LogP contribution in [0.15, 0.2) is 36.8 Å². The summed E-state index contributed by atoms with van der Waals surface area (Å²) < 4.78 is 40.5. The SMILES string of the molecule is FC(F)(F)c1cnc(Nc2cccc(Cl)c2)nc1N1CCc2[nH]cnc2C1. The zero-order chi connectivity index (χ0) is 19.0. The molecule has 10 heteroatoms. The Morgan fingerprint density at radius 2 is 2.07 bits per heavy atom. The molecule has 27 heavy (non-hydrogen) atoms. The van der Waals surface area contributed by atoms with Crippen LogP contribution in [0, 0.1) is 0 Å². The molecule has 0 aliphatic carbocycles. The van der Waals surface area contributed by atoms with Crippen molar-refractivity contribution in [2.75, 3.05) is 16.8 Å². The van der Waals surface area contributed by atoms with Gasteiger partial charge >= 0.3 is 6.18 Å². The maximum atomic E-state index is 13.5. The highest BCUT2D eigenvalue weighted by molar-refractivity contribution is 6.30. The van der Waals surface area contributed by atoms with Crippen LogP contribution in [0.1, 0.15) is 17.0 Å². The van der Waals surface area contributed by atoms with Gasteiger partial charge in [0, 0.05) is 35.6 Å². The van der Waals surface area contributed by atoms with E-state index in [1.54, 1.807) is 35.5 Å². The zero-order valence-electron chi connectivity index (χ0n) is 13.9. The molecule has 4 rings (SSSR count). The molecule has 1 aromatic carbocycles. The Morgan fingerprint density at radius 1 is 1.22 bits per heavy atom. The minimum Gasteiger partial charge on any atom is -0.350 e. The van der Waals surface area contributed by atoms with Gasteiger partial charge in [-0.05, 0) is 18.2 Å². The summed E-state index contributed by atoms with van der Waals surface area (Å²) in [5.41, 5.74) is 1.36. The van der Waals surface area contributed by atoms with Crippen molar-refractivity contribution in [1.29, 1.82) is 0 Å². The maximum Gasteiger partial charge on any atom is 0.421 e. The number of imidazole rings is 1. The molecule has 0 bridgehead atoms. The van der Waals surface area contributed by atoms with Crippen molar-refractivity contribution < 1.29 is 13.2 Å². The fourth-order valence-corrected chi connectivity index (χ4v) is 3.15. The standard InChI is InChI=1S/C17H14ClF3N6/c18-10-2-1-3-11(6-10)25-16-22-7-12(17(19,20)21)15(26-16)27-5-4-13-14(8-27)24-9-23-13/h1-3,6-7,9H,4-5,8H2,(H,23,24)(H,22,25,26). The van der Waals surface area contributed by atoms with Crippen LogP contribution in [0.2, 0.25) is 5.02 Å². The van der Waals surface area contributed by atoms with Crippen LogP contribution >= 0.6 is 11.6 Å². The lowest BCUT2D eigenvalue weighted by Crippen LogP contribution is -2.33. The van der Waals surface area contributed by atoms with E-state index in [1.165, 1.54) is 0 Å². The molecule has 1 aliphatic heterocycles. The molecule has 1 aliphatic rings. The molecular weight excluding hydrogens is 381 g/mol. The van der Waals surface area contributed by atoms with E-state index in [9.17, 15) is 13.2 Å². The van der Waals surface area contributed by atoms with Crippen molar-refractivity contribution in [2.24, 2.45) is 0 Å². The quantitative estimate of drug-likeness (QED) is 0.697. The van der Waals surface area contributed by atoms with Crippen molar-refractivity contribution in [1.82, 2.24) is 19.9 Å². The van der Waals surface area contributed by atoms with E-state index in [0.29, 0.717) is 23.7 Å². The number of H-pyrrole nitrogens is 1. The molecule has 6 nitrogen and oxygen atoms in total. The second-order valence-corrected chi connectivity index (χ2v) is 6.50. The number of nitrogens with one attached hydrogen (secondary N) is 2. The molecule has 2 N–H and O–H groups in total. The predicted octanol–water partition coefficient (Wildman–Crippen LogP) is 4.18. The highest BCUT2D eigenvalue weighted by atomic mass is 35.5. The summed E-state index contributed by atoms with van der Waals surface area (Å²) in [7, 11) is 0. The van der Waals surface area contributed by atoms with Gasteiger partial charge in [0.25, 0.3) is 0 Å². The average molecular weight is 395 g/mol. The van der Waals surface area contributed by atoms with Crippen LogP contribution in [0.25, 0.3) is 0 Å². The molecule has 3 heterocycles. The highest BCUT2D eigenvalue weighted by Gasteiger charge is 2.37. The highest BCUT2D eigenvalue weighted by Crippen LogP contribution is 2.37. The van der Waals surface area contributed by atoms with Gasteiger partial charge in [0.15, 0.2) is 0 Å². The summed E-state index contributed by atoms with van der Waals surface area (Å²) >= 11 is 5.94. The number of hydrogen-bond donors (Lipinski definition) is 2. The van der Waals surface area contributed by atoms with Crippen molar-refractivity contribution in [3.05, 3.63) is 58.8 Å². The van der Waals surface area contributed by atoms with Crippen LogP contribution in [0.4, 0.5) is 30.6 Å². The van der Waals surface area contributed by atoms with E-state index in [1.807, 2.05) is 0 Å². The van der Waals surface area contributed by atoms with Crippen molar-refractivity contribution in [2.45, 2.75) is 19.1 Å². The smallest absolute Gasteiger partial charge is 0.350 e. The molecule has 0 atom stereocenters. The molecule has 0 fully saturated rings. The fraction of sp³-hybridized carbons (Fsp3) is 0.235. The summed E-state index contributed by atoms with van der Waals surface area (Å²) in [5, 5.41) is 3.39. The normalized spacial score (nSPS) is 14.1. The lowest BCUT2D eigenvalue weighted by Gasteiger charge is -2.29. The molecule has 0 unspecified atom stereocenters. The molecule has 0 amide bonds. The number of hydrogen-bond acceptors (Lipinski definition) is 5. The van der Waals surface area contributed by atoms with Crippen molar-refractivity contribution in [3.8, 4) is 0 Å². The van der Waals surface area contributed by atoms with Gasteiger partial charge in [-0.2, -0.15) is 18.2 Å². The molecule has 2 aromatic heterocycles. The fourth-order valence-electron chi connectivity index (χ4n) is 2.96. The van der Waals surface area contributed by atoms with Gasteiger partial charge < -0.3 is 15.2 Å². The van der Waals surface area contributed by atoms with Crippen LogP contribution in [-0.2, 0) is 19.1 Å². The number of fused-ring (bicyclic) bond motifs is 1. The Morgan fingerprint density at radius 3 is 2.85 bits per heavy atom. The first-order chi connectivity index (χ1) is 12.9. The lowest BCUT2D eigenvalue weighted by molar-refractivity contribution is -0.137. The molecule has 0 saturated carbocycles. The van der Waals surface area contributed by atoms with Gasteiger partial charge in [-0.3, -0.25) is 0 Å². The Hall–Kier alpha value is -2.81. The van der Waals surface area contributed by atoms with E-state index in [4.69, 9.17) is 11.6 Å². The minimum atomic E-state index is -4.56. The van der Waals surface area contributed by atoms with E-state index in [2.05, 4.69) is 25.3 Å². The molecule has 0 spiro atoms. The summed E-state index contributed by atoms with van der Waals surface area (Å²) in [6.45, 7) is 0.640. The monoisotopic (exact) mass is 394 g/mol. The summed E-state index contributed by atoms with van der Waals surface area (Å²) in [6, 6.07) is 6.78. The van der Waals surface area contributed by atoms with Crippen molar-refractivity contribution >= 4 is 29.1 Å². The number of anilines is 3. The van der Waals surface area contributed by atoms with Crippen LogP contribution in [0.5, 0.6) is 0 Å². The second-order valence-electron chi connectivity index (χ2n) is 6.06. The van der Waals surface area contributed by atoms with Crippen LogP contribution in [0.3, 0.4) is 0 Å². The first-order valence-electron chi connectivity index (χ1n) is 8.13. The number of nitrogens with zero attached hydrogens (tertiary/aromatic N) is 4. The third-order valence-corrected chi connectivity index (χ3v) is 4.47.